The van der Waals surface area contributed by atoms with Gasteiger partial charge < -0.3 is 5.11 Å². The van der Waals surface area contributed by atoms with Crippen LogP contribution in [0.3, 0.4) is 0 Å². The number of halogens is 1. The van der Waals surface area contributed by atoms with Gasteiger partial charge in [-0.1, -0.05) is 19.8 Å². The molecule has 1 aliphatic rings. The monoisotopic (exact) mass is 302 g/mol. The summed E-state index contributed by atoms with van der Waals surface area (Å²) in [6.07, 6.45) is 6.78. The highest BCUT2D eigenvalue weighted by molar-refractivity contribution is 9.10. The Hall–Kier alpha value is 0.140. The summed E-state index contributed by atoms with van der Waals surface area (Å²) in [6, 6.07) is 0. The third-order valence-corrected chi connectivity index (χ3v) is 5.45. The molecule has 1 heterocycles. The molecule has 1 nitrogen and oxygen atoms in total. The van der Waals surface area contributed by atoms with Crippen molar-refractivity contribution in [3.8, 4) is 0 Å². The van der Waals surface area contributed by atoms with Gasteiger partial charge in [0.1, 0.15) is 0 Å². The molecule has 90 valence electrons. The number of hydrogen-bond donors (Lipinski definition) is 1. The maximum Gasteiger partial charge on any atom is 0.0915 e. The number of hydrogen-bond acceptors (Lipinski definition) is 2. The average molecular weight is 303 g/mol. The maximum absolute atomic E-state index is 10.7. The van der Waals surface area contributed by atoms with Gasteiger partial charge in [-0.05, 0) is 52.9 Å². The molecule has 0 atom stereocenters. The smallest absolute Gasteiger partial charge is 0.0915 e. The van der Waals surface area contributed by atoms with Gasteiger partial charge in [-0.3, -0.25) is 0 Å². The summed E-state index contributed by atoms with van der Waals surface area (Å²) in [7, 11) is 0. The highest BCUT2D eigenvalue weighted by Crippen LogP contribution is 2.44. The van der Waals surface area contributed by atoms with Crippen molar-refractivity contribution in [1.29, 1.82) is 0 Å². The molecule has 0 saturated heterocycles. The van der Waals surface area contributed by atoms with E-state index in [0.29, 0.717) is 0 Å². The molecule has 0 unspecified atom stereocenters. The van der Waals surface area contributed by atoms with Crippen molar-refractivity contribution in [3.63, 3.8) is 0 Å². The second-order valence-corrected chi connectivity index (χ2v) is 6.49. The highest BCUT2D eigenvalue weighted by atomic mass is 79.9. The standard InChI is InChI=1S/C13H19BrOS/c1-2-3-10-4-6-13(15,7-5-10)11-8-16-9-12(11)14/h8-10,15H,2-7H2,1H3. The van der Waals surface area contributed by atoms with Gasteiger partial charge in [0.2, 0.25) is 0 Å². The summed E-state index contributed by atoms with van der Waals surface area (Å²) in [5.74, 6) is 0.836. The minimum absolute atomic E-state index is 0.566. The third kappa shape index (κ3) is 2.52. The average Bonchev–Trinajstić information content (AvgIpc) is 2.69. The van der Waals surface area contributed by atoms with Crippen LogP contribution in [0.1, 0.15) is 51.0 Å². The molecular formula is C13H19BrOS. The lowest BCUT2D eigenvalue weighted by molar-refractivity contribution is -0.0154. The van der Waals surface area contributed by atoms with Gasteiger partial charge in [0.15, 0.2) is 0 Å². The first-order valence-corrected chi connectivity index (χ1v) is 7.84. The van der Waals surface area contributed by atoms with E-state index in [9.17, 15) is 5.11 Å². The molecule has 0 spiro atoms. The molecule has 0 bridgehead atoms. The van der Waals surface area contributed by atoms with Crippen LogP contribution in [-0.4, -0.2) is 5.11 Å². The van der Waals surface area contributed by atoms with Gasteiger partial charge in [-0.25, -0.2) is 0 Å². The lowest BCUT2D eigenvalue weighted by Gasteiger charge is -2.36. The van der Waals surface area contributed by atoms with E-state index in [4.69, 9.17) is 0 Å². The summed E-state index contributed by atoms with van der Waals surface area (Å²) in [5.41, 5.74) is 0.538. The number of rotatable bonds is 3. The van der Waals surface area contributed by atoms with E-state index < -0.39 is 5.60 Å². The van der Waals surface area contributed by atoms with Gasteiger partial charge >= 0.3 is 0 Å². The minimum atomic E-state index is -0.566. The van der Waals surface area contributed by atoms with Crippen molar-refractivity contribution < 1.29 is 5.11 Å². The van der Waals surface area contributed by atoms with Gasteiger partial charge in [0, 0.05) is 15.4 Å². The first-order chi connectivity index (χ1) is 7.65. The van der Waals surface area contributed by atoms with Crippen LogP contribution in [0.2, 0.25) is 0 Å². The Morgan fingerprint density at radius 2 is 2.12 bits per heavy atom. The Balaban J connectivity index is 2.04. The molecular weight excluding hydrogens is 284 g/mol. The highest BCUT2D eigenvalue weighted by Gasteiger charge is 2.36. The molecule has 1 aromatic heterocycles. The Bertz CT molecular complexity index is 339. The zero-order chi connectivity index (χ0) is 11.6. The molecule has 0 radical (unpaired) electrons. The Labute approximate surface area is 110 Å². The molecule has 1 aromatic rings. The second-order valence-electron chi connectivity index (χ2n) is 4.90. The molecule has 1 aliphatic carbocycles. The molecule has 1 saturated carbocycles. The van der Waals surface area contributed by atoms with Crippen molar-refractivity contribution in [2.45, 2.75) is 51.0 Å². The van der Waals surface area contributed by atoms with Crippen LogP contribution < -0.4 is 0 Å². The quantitative estimate of drug-likeness (QED) is 0.859. The molecule has 1 N–H and O–H groups in total. The zero-order valence-corrected chi connectivity index (χ0v) is 12.1. The van der Waals surface area contributed by atoms with Crippen LogP contribution in [0.15, 0.2) is 15.2 Å². The van der Waals surface area contributed by atoms with Gasteiger partial charge in [0.25, 0.3) is 0 Å². The summed E-state index contributed by atoms with van der Waals surface area (Å²) in [4.78, 5) is 0. The molecule has 0 aliphatic heterocycles. The normalized spacial score (nSPS) is 30.6. The predicted octanol–water partition coefficient (Wildman–Crippen LogP) is 4.69. The van der Waals surface area contributed by atoms with E-state index in [-0.39, 0.29) is 0 Å². The first kappa shape index (κ1) is 12.6. The number of thiophene rings is 1. The van der Waals surface area contributed by atoms with E-state index in [1.807, 2.05) is 0 Å². The fraction of sp³-hybridized carbons (Fsp3) is 0.692. The van der Waals surface area contributed by atoms with Crippen molar-refractivity contribution >= 4 is 27.3 Å². The lowest BCUT2D eigenvalue weighted by atomic mass is 9.75. The fourth-order valence-corrected chi connectivity index (χ4v) is 4.49. The van der Waals surface area contributed by atoms with E-state index in [1.54, 1.807) is 11.3 Å². The first-order valence-electron chi connectivity index (χ1n) is 6.10. The van der Waals surface area contributed by atoms with Crippen LogP contribution in [0.25, 0.3) is 0 Å². The fourth-order valence-electron chi connectivity index (χ4n) is 2.73. The van der Waals surface area contributed by atoms with E-state index >= 15 is 0 Å². The minimum Gasteiger partial charge on any atom is -0.385 e. The van der Waals surface area contributed by atoms with Gasteiger partial charge in [-0.2, -0.15) is 11.3 Å². The van der Waals surface area contributed by atoms with E-state index in [0.717, 1.165) is 28.8 Å². The SMILES string of the molecule is CCCC1CCC(O)(c2cscc2Br)CC1. The van der Waals surface area contributed by atoms with Crippen molar-refractivity contribution in [2.75, 3.05) is 0 Å². The zero-order valence-electron chi connectivity index (χ0n) is 9.71. The predicted molar refractivity (Wildman–Crippen MR) is 72.8 cm³/mol. The summed E-state index contributed by atoms with van der Waals surface area (Å²) in [5, 5.41) is 14.8. The molecule has 3 heteroatoms. The van der Waals surface area contributed by atoms with Crippen molar-refractivity contribution in [3.05, 3.63) is 20.8 Å². The molecule has 0 aromatic carbocycles. The second kappa shape index (κ2) is 5.19. The topological polar surface area (TPSA) is 20.2 Å². The molecule has 0 amide bonds. The van der Waals surface area contributed by atoms with E-state index in [1.165, 1.54) is 25.7 Å². The van der Waals surface area contributed by atoms with E-state index in [2.05, 4.69) is 33.6 Å². The molecule has 1 fully saturated rings. The van der Waals surface area contributed by atoms with Crippen LogP contribution in [0.4, 0.5) is 0 Å². The Morgan fingerprint density at radius 1 is 1.44 bits per heavy atom. The summed E-state index contributed by atoms with van der Waals surface area (Å²) in [6.45, 7) is 2.25. The van der Waals surface area contributed by atoms with Gasteiger partial charge in [0.05, 0.1) is 5.60 Å². The van der Waals surface area contributed by atoms with Crippen LogP contribution in [0.5, 0.6) is 0 Å². The maximum atomic E-state index is 10.7. The largest absolute Gasteiger partial charge is 0.385 e. The van der Waals surface area contributed by atoms with Crippen molar-refractivity contribution in [1.82, 2.24) is 0 Å². The Morgan fingerprint density at radius 3 is 2.62 bits per heavy atom. The Kier molecular flexibility index (Phi) is 4.09. The third-order valence-electron chi connectivity index (χ3n) is 3.75. The van der Waals surface area contributed by atoms with Crippen molar-refractivity contribution in [2.24, 2.45) is 5.92 Å². The summed E-state index contributed by atoms with van der Waals surface area (Å²) < 4.78 is 1.08. The summed E-state index contributed by atoms with van der Waals surface area (Å²) >= 11 is 5.20. The lowest BCUT2D eigenvalue weighted by Crippen LogP contribution is -2.31. The van der Waals surface area contributed by atoms with Crippen LogP contribution in [0, 0.1) is 5.92 Å². The molecule has 2 rings (SSSR count). The molecule has 16 heavy (non-hydrogen) atoms. The van der Waals surface area contributed by atoms with Crippen LogP contribution in [-0.2, 0) is 5.60 Å². The van der Waals surface area contributed by atoms with Crippen LogP contribution >= 0.6 is 27.3 Å². The number of aliphatic hydroxyl groups is 1. The van der Waals surface area contributed by atoms with Gasteiger partial charge in [-0.15, -0.1) is 0 Å².